The van der Waals surface area contributed by atoms with E-state index in [-0.39, 0.29) is 24.0 Å². The molecule has 0 unspecified atom stereocenters. The van der Waals surface area contributed by atoms with Crippen molar-refractivity contribution in [2.45, 2.75) is 31.5 Å². The predicted molar refractivity (Wildman–Crippen MR) is 91.5 cm³/mol. The quantitative estimate of drug-likeness (QED) is 0.902. The Morgan fingerprint density at radius 3 is 2.96 bits per heavy atom. The highest BCUT2D eigenvalue weighted by atomic mass is 19.1. The number of amides is 2. The Labute approximate surface area is 146 Å². The number of ether oxygens (including phenoxy) is 1. The topological polar surface area (TPSA) is 59.4 Å². The van der Waals surface area contributed by atoms with Crippen LogP contribution in [0.4, 0.5) is 9.18 Å². The summed E-state index contributed by atoms with van der Waals surface area (Å²) in [5.74, 6) is -0.304. The van der Waals surface area contributed by atoms with Crippen LogP contribution >= 0.6 is 0 Å². The van der Waals surface area contributed by atoms with Crippen molar-refractivity contribution in [1.29, 1.82) is 0 Å². The summed E-state index contributed by atoms with van der Waals surface area (Å²) in [6, 6.07) is 6.05. The SMILES string of the molecule is CO[C@@H]1CCN(C(=O)NCc2cccc(F)c2)[C@@H]1Cc1cnn(C)c1. The highest BCUT2D eigenvalue weighted by molar-refractivity contribution is 5.75. The average Bonchev–Trinajstić information content (AvgIpc) is 3.19. The van der Waals surface area contributed by atoms with Crippen LogP contribution in [-0.4, -0.2) is 46.5 Å². The van der Waals surface area contributed by atoms with Crippen molar-refractivity contribution >= 4 is 6.03 Å². The largest absolute Gasteiger partial charge is 0.379 e. The summed E-state index contributed by atoms with van der Waals surface area (Å²) in [6.45, 7) is 0.933. The molecule has 3 rings (SSSR count). The lowest BCUT2D eigenvalue weighted by Crippen LogP contribution is -2.46. The fraction of sp³-hybridized carbons (Fsp3) is 0.444. The molecular weight excluding hydrogens is 323 g/mol. The molecule has 1 aliphatic heterocycles. The first-order valence-corrected chi connectivity index (χ1v) is 8.36. The summed E-state index contributed by atoms with van der Waals surface area (Å²) in [5, 5.41) is 7.06. The van der Waals surface area contributed by atoms with E-state index in [2.05, 4.69) is 10.4 Å². The molecule has 1 N–H and O–H groups in total. The summed E-state index contributed by atoms with van der Waals surface area (Å²) in [7, 11) is 3.55. The zero-order valence-corrected chi connectivity index (χ0v) is 14.5. The van der Waals surface area contributed by atoms with E-state index in [4.69, 9.17) is 4.74 Å². The van der Waals surface area contributed by atoms with E-state index in [0.717, 1.165) is 17.5 Å². The number of nitrogens with one attached hydrogen (secondary N) is 1. The van der Waals surface area contributed by atoms with Crippen LogP contribution in [0, 0.1) is 5.82 Å². The van der Waals surface area contributed by atoms with E-state index < -0.39 is 0 Å². The monoisotopic (exact) mass is 346 g/mol. The zero-order valence-electron chi connectivity index (χ0n) is 14.5. The van der Waals surface area contributed by atoms with Gasteiger partial charge in [-0.15, -0.1) is 0 Å². The van der Waals surface area contributed by atoms with Gasteiger partial charge in [-0.05, 0) is 36.1 Å². The van der Waals surface area contributed by atoms with Crippen molar-refractivity contribution in [3.05, 3.63) is 53.6 Å². The molecule has 2 aromatic rings. The fourth-order valence-corrected chi connectivity index (χ4v) is 3.34. The van der Waals surface area contributed by atoms with Crippen molar-refractivity contribution in [2.75, 3.05) is 13.7 Å². The van der Waals surface area contributed by atoms with Crippen LogP contribution in [0.3, 0.4) is 0 Å². The molecule has 1 aromatic heterocycles. The van der Waals surface area contributed by atoms with Gasteiger partial charge >= 0.3 is 6.03 Å². The Kier molecular flexibility index (Phi) is 5.33. The standard InChI is InChI=1S/C18H23FN4O2/c1-22-12-14(11-21-22)9-16-17(25-2)6-7-23(16)18(24)20-10-13-4-3-5-15(19)8-13/h3-5,8,11-12,16-17H,6-7,9-10H2,1-2H3,(H,20,24)/t16-,17-/m1/s1. The second kappa shape index (κ2) is 7.65. The average molecular weight is 346 g/mol. The Hall–Kier alpha value is -2.41. The first-order chi connectivity index (χ1) is 12.1. The van der Waals surface area contributed by atoms with Gasteiger partial charge in [0.2, 0.25) is 0 Å². The first kappa shape index (κ1) is 17.4. The third kappa shape index (κ3) is 4.17. The maximum atomic E-state index is 13.2. The number of hydrogen-bond donors (Lipinski definition) is 1. The molecule has 1 aliphatic rings. The van der Waals surface area contributed by atoms with Crippen LogP contribution in [0.25, 0.3) is 0 Å². The van der Waals surface area contributed by atoms with Crippen molar-refractivity contribution in [1.82, 2.24) is 20.0 Å². The Morgan fingerprint density at radius 1 is 1.44 bits per heavy atom. The molecule has 0 bridgehead atoms. The summed E-state index contributed by atoms with van der Waals surface area (Å²) in [4.78, 5) is 14.4. The minimum Gasteiger partial charge on any atom is -0.379 e. The molecule has 0 radical (unpaired) electrons. The third-order valence-electron chi connectivity index (χ3n) is 4.58. The number of hydrogen-bond acceptors (Lipinski definition) is 3. The minimum atomic E-state index is -0.304. The van der Waals surface area contributed by atoms with Gasteiger partial charge in [-0.25, -0.2) is 9.18 Å². The molecule has 7 heteroatoms. The molecule has 1 fully saturated rings. The van der Waals surface area contributed by atoms with Crippen molar-refractivity contribution in [2.24, 2.45) is 7.05 Å². The molecule has 2 atom stereocenters. The van der Waals surface area contributed by atoms with Crippen LogP contribution in [0.1, 0.15) is 17.5 Å². The Bertz CT molecular complexity index is 733. The van der Waals surface area contributed by atoms with Gasteiger partial charge in [0.1, 0.15) is 5.82 Å². The van der Waals surface area contributed by atoms with Crippen LogP contribution < -0.4 is 5.32 Å². The molecule has 0 aliphatic carbocycles. The van der Waals surface area contributed by atoms with Gasteiger partial charge in [0.25, 0.3) is 0 Å². The van der Waals surface area contributed by atoms with Gasteiger partial charge in [0.15, 0.2) is 0 Å². The van der Waals surface area contributed by atoms with Gasteiger partial charge in [-0.3, -0.25) is 4.68 Å². The lowest BCUT2D eigenvalue weighted by atomic mass is 10.0. The van der Waals surface area contributed by atoms with Gasteiger partial charge in [-0.2, -0.15) is 5.10 Å². The molecule has 0 saturated carbocycles. The molecular formula is C18H23FN4O2. The molecule has 6 nitrogen and oxygen atoms in total. The highest BCUT2D eigenvalue weighted by Gasteiger charge is 2.37. The number of methoxy groups -OCH3 is 1. The van der Waals surface area contributed by atoms with Gasteiger partial charge < -0.3 is 15.0 Å². The number of benzene rings is 1. The molecule has 2 amide bonds. The maximum Gasteiger partial charge on any atom is 0.318 e. The van der Waals surface area contributed by atoms with Crippen molar-refractivity contribution < 1.29 is 13.9 Å². The van der Waals surface area contributed by atoms with E-state index in [1.807, 2.05) is 19.4 Å². The van der Waals surface area contributed by atoms with E-state index in [9.17, 15) is 9.18 Å². The highest BCUT2D eigenvalue weighted by Crippen LogP contribution is 2.24. The minimum absolute atomic E-state index is 0.000117. The van der Waals surface area contributed by atoms with E-state index in [1.165, 1.54) is 12.1 Å². The summed E-state index contributed by atoms with van der Waals surface area (Å²) < 4.78 is 20.6. The number of aromatic nitrogens is 2. The number of likely N-dealkylation sites (tertiary alicyclic amines) is 1. The van der Waals surface area contributed by atoms with Crippen molar-refractivity contribution in [3.63, 3.8) is 0 Å². The normalized spacial score (nSPS) is 20.0. The predicted octanol–water partition coefficient (Wildman–Crippen LogP) is 2.10. The molecule has 0 spiro atoms. The second-order valence-corrected chi connectivity index (χ2v) is 6.34. The number of halogens is 1. The van der Waals surface area contributed by atoms with Gasteiger partial charge in [0, 0.05) is 33.4 Å². The van der Waals surface area contributed by atoms with Gasteiger partial charge in [-0.1, -0.05) is 12.1 Å². The number of aryl methyl sites for hydroxylation is 1. The second-order valence-electron chi connectivity index (χ2n) is 6.34. The number of carbonyl (C=O) groups is 1. The lowest BCUT2D eigenvalue weighted by molar-refractivity contribution is 0.0724. The molecule has 1 aromatic carbocycles. The van der Waals surface area contributed by atoms with Crippen LogP contribution in [0.2, 0.25) is 0 Å². The zero-order chi connectivity index (χ0) is 17.8. The lowest BCUT2D eigenvalue weighted by Gasteiger charge is -2.27. The number of carbonyl (C=O) groups excluding carboxylic acids is 1. The summed E-state index contributed by atoms with van der Waals surface area (Å²) >= 11 is 0. The molecule has 25 heavy (non-hydrogen) atoms. The molecule has 2 heterocycles. The summed E-state index contributed by atoms with van der Waals surface area (Å²) in [5.41, 5.74) is 1.80. The van der Waals surface area contributed by atoms with Crippen molar-refractivity contribution in [3.8, 4) is 0 Å². The maximum absolute atomic E-state index is 13.2. The van der Waals surface area contributed by atoms with Crippen LogP contribution in [-0.2, 0) is 24.8 Å². The van der Waals surface area contributed by atoms with E-state index >= 15 is 0 Å². The third-order valence-corrected chi connectivity index (χ3v) is 4.58. The number of nitrogens with zero attached hydrogens (tertiary/aromatic N) is 3. The van der Waals surface area contributed by atoms with E-state index in [1.54, 1.807) is 28.8 Å². The van der Waals surface area contributed by atoms with E-state index in [0.29, 0.717) is 19.5 Å². The fourth-order valence-electron chi connectivity index (χ4n) is 3.34. The first-order valence-electron chi connectivity index (χ1n) is 8.36. The van der Waals surface area contributed by atoms with Gasteiger partial charge in [0.05, 0.1) is 18.3 Å². The Morgan fingerprint density at radius 2 is 2.28 bits per heavy atom. The van der Waals surface area contributed by atoms with Crippen LogP contribution in [0.5, 0.6) is 0 Å². The van der Waals surface area contributed by atoms with Crippen LogP contribution in [0.15, 0.2) is 36.7 Å². The number of urea groups is 1. The smallest absolute Gasteiger partial charge is 0.318 e. The summed E-state index contributed by atoms with van der Waals surface area (Å²) in [6.07, 6.45) is 5.26. The Balaban J connectivity index is 1.64. The molecule has 1 saturated heterocycles. The molecule has 134 valence electrons. The number of rotatable bonds is 5.